The van der Waals surface area contributed by atoms with E-state index in [0.717, 1.165) is 0 Å². The Morgan fingerprint density at radius 3 is 2.00 bits per heavy atom. The zero-order valence-corrected chi connectivity index (χ0v) is 12.8. The van der Waals surface area contributed by atoms with Crippen LogP contribution in [0.2, 0.25) is 0 Å². The van der Waals surface area contributed by atoms with E-state index >= 15 is 0 Å². The summed E-state index contributed by atoms with van der Waals surface area (Å²) < 4.78 is 13.3. The molecule has 0 aliphatic carbocycles. The predicted octanol–water partition coefficient (Wildman–Crippen LogP) is -1.98. The molecule has 0 aliphatic rings. The van der Waals surface area contributed by atoms with Crippen LogP contribution in [-0.4, -0.2) is 55.6 Å². The Bertz CT molecular complexity index is 46.1. The first kappa shape index (κ1) is 10.8. The van der Waals surface area contributed by atoms with Crippen molar-refractivity contribution in [3.8, 4) is 0 Å². The molecule has 0 amide bonds. The summed E-state index contributed by atoms with van der Waals surface area (Å²) in [4.78, 5) is 7.72. The predicted molar refractivity (Wildman–Crippen MR) is 29.4 cm³/mol. The van der Waals surface area contributed by atoms with Crippen LogP contribution in [0.1, 0.15) is 0 Å². The van der Waals surface area contributed by atoms with Gasteiger partial charge >= 0.3 is 71.3 Å². The van der Waals surface area contributed by atoms with Gasteiger partial charge in [-0.3, -0.25) is 0 Å². The number of rotatable bonds is 1. The molecular weight excluding hydrogens is 408 g/mol. The quantitative estimate of drug-likeness (QED) is 0.400. The molecule has 0 heterocycles. The second kappa shape index (κ2) is 6.89. The van der Waals surface area contributed by atoms with Crippen LogP contribution < -0.4 is 0 Å². The second-order valence-corrected chi connectivity index (χ2v) is 3.17. The Morgan fingerprint density at radius 2 is 2.00 bits per heavy atom. The summed E-state index contributed by atoms with van der Waals surface area (Å²) in [5.41, 5.74) is 0. The van der Waals surface area contributed by atoms with Gasteiger partial charge in [0, 0.05) is 0 Å². The molecule has 0 aliphatic heterocycles. The maximum absolute atomic E-state index is 9.36. The number of hydrogen-bond acceptors (Lipinski definition) is 2. The topological polar surface area (TPSA) is 46.5 Å². The van der Waals surface area contributed by atoms with Crippen molar-refractivity contribution < 1.29 is 12.3 Å². The van der Waals surface area contributed by atoms with Crippen molar-refractivity contribution in [2.45, 2.75) is 0 Å². The summed E-state index contributed by atoms with van der Waals surface area (Å²) in [7, 11) is -2.57. The standard InChI is InChI=1S/H3O3P.Pb.Sb.4H/c1-4(2)3;;;;;;/h4H,(H2,1,2,3);;;;;;/q;;+1;;;;/p-1. The van der Waals surface area contributed by atoms with Gasteiger partial charge in [0.2, 0.25) is 0 Å². The van der Waals surface area contributed by atoms with Gasteiger partial charge in [0.05, 0.1) is 0 Å². The van der Waals surface area contributed by atoms with Crippen molar-refractivity contribution in [3.05, 3.63) is 0 Å². The summed E-state index contributed by atoms with van der Waals surface area (Å²) in [6.07, 6.45) is 0. The molecule has 0 aromatic carbocycles. The van der Waals surface area contributed by atoms with Gasteiger partial charge in [-0.1, -0.05) is 0 Å². The third kappa shape index (κ3) is 9.31. The minimum absolute atomic E-state index is 0. The molecule has 38 valence electrons. The first-order chi connectivity index (χ1) is 2.27. The Balaban J connectivity index is 0. The van der Waals surface area contributed by atoms with Crippen LogP contribution in [0, 0.1) is 0 Å². The molecule has 0 aromatic rings. The molecule has 0 fully saturated rings. The van der Waals surface area contributed by atoms with Gasteiger partial charge in [-0.05, 0) is 0 Å². The van der Waals surface area contributed by atoms with Crippen molar-refractivity contribution in [2.24, 2.45) is 0 Å². The van der Waals surface area contributed by atoms with E-state index in [9.17, 15) is 4.57 Å². The summed E-state index contributed by atoms with van der Waals surface area (Å²) >= 11 is 0.409. The Labute approximate surface area is 70.6 Å². The summed E-state index contributed by atoms with van der Waals surface area (Å²) in [5.74, 6) is 0. The van der Waals surface area contributed by atoms with Crippen molar-refractivity contribution in [1.82, 2.24) is 0 Å². The van der Waals surface area contributed by atoms with Crippen LogP contribution in [0.15, 0.2) is 0 Å². The van der Waals surface area contributed by atoms with Gasteiger partial charge in [-0.15, -0.1) is 0 Å². The zero-order valence-electron chi connectivity index (χ0n) is 3.05. The Kier molecular flexibility index (Phi) is 12.4. The maximum atomic E-state index is 9.36. The van der Waals surface area contributed by atoms with Gasteiger partial charge in [0.15, 0.2) is 0 Å². The van der Waals surface area contributed by atoms with Gasteiger partial charge in [0.1, 0.15) is 0 Å². The second-order valence-electron chi connectivity index (χ2n) is 0.384. The SMILES string of the molecule is O=[PH](O)[O][SbH2].[PbH2]. The molecule has 1 N–H and O–H groups in total. The molecule has 1 atom stereocenters. The fraction of sp³-hybridized carbons (Fsp3) is 0. The molecule has 6 heteroatoms. The molecule has 2 radical (unpaired) electrons. The van der Waals surface area contributed by atoms with E-state index in [2.05, 4.69) is 2.80 Å². The van der Waals surface area contributed by atoms with E-state index in [1.165, 1.54) is 0 Å². The fourth-order valence-corrected chi connectivity index (χ4v) is 0. The molecule has 1 unspecified atom stereocenters. The Morgan fingerprint density at radius 1 is 1.83 bits per heavy atom. The van der Waals surface area contributed by atoms with Gasteiger partial charge in [-0.2, -0.15) is 0 Å². The van der Waals surface area contributed by atoms with Crippen LogP contribution in [0.3, 0.4) is 0 Å². The van der Waals surface area contributed by atoms with E-state index in [1.807, 2.05) is 0 Å². The average molecular weight is 414 g/mol. The summed E-state index contributed by atoms with van der Waals surface area (Å²) in [6.45, 7) is 0. The van der Waals surface area contributed by atoms with Crippen LogP contribution in [0.5, 0.6) is 0 Å². The average Bonchev–Trinajstić information content (AvgIpc) is 1.38. The van der Waals surface area contributed by atoms with Crippen molar-refractivity contribution in [3.63, 3.8) is 0 Å². The summed E-state index contributed by atoms with van der Waals surface area (Å²) in [5, 5.41) is 0. The monoisotopic (exact) mass is 414 g/mol. The van der Waals surface area contributed by atoms with Crippen molar-refractivity contribution >= 4 is 59.0 Å². The fourth-order valence-electron chi connectivity index (χ4n) is 0. The molecule has 0 rings (SSSR count). The number of hydrogen-bond donors (Lipinski definition) is 1. The van der Waals surface area contributed by atoms with Gasteiger partial charge in [0.25, 0.3) is 0 Å². The van der Waals surface area contributed by atoms with Crippen molar-refractivity contribution in [2.75, 3.05) is 0 Å². The van der Waals surface area contributed by atoms with E-state index in [1.54, 1.807) is 0 Å². The van der Waals surface area contributed by atoms with Crippen LogP contribution in [0.25, 0.3) is 0 Å². The molecule has 6 heavy (non-hydrogen) atoms. The van der Waals surface area contributed by atoms with Crippen LogP contribution in [-0.2, 0) is 7.37 Å². The normalized spacial score (nSPS) is 12.3. The van der Waals surface area contributed by atoms with Crippen molar-refractivity contribution in [1.29, 1.82) is 0 Å². The van der Waals surface area contributed by atoms with Crippen LogP contribution >= 0.6 is 8.25 Å². The molecule has 0 bridgehead atoms. The molecule has 3 nitrogen and oxygen atoms in total. The van der Waals surface area contributed by atoms with E-state index in [4.69, 9.17) is 4.89 Å². The molecule has 0 aromatic heterocycles. The van der Waals surface area contributed by atoms with Gasteiger partial charge in [-0.25, -0.2) is 0 Å². The van der Waals surface area contributed by atoms with Crippen LogP contribution in [0.4, 0.5) is 0 Å². The van der Waals surface area contributed by atoms with E-state index in [-0.39, 0.29) is 27.3 Å². The van der Waals surface area contributed by atoms with E-state index in [0.29, 0.717) is 23.4 Å². The van der Waals surface area contributed by atoms with Gasteiger partial charge < -0.3 is 0 Å². The first-order valence-electron chi connectivity index (χ1n) is 0.868. The van der Waals surface area contributed by atoms with E-state index < -0.39 is 8.25 Å². The zero-order chi connectivity index (χ0) is 4.28. The third-order valence-corrected chi connectivity index (χ3v) is 2.03. The molecule has 0 saturated carbocycles. The first-order valence-corrected chi connectivity index (χ1v) is 3.48. The Hall–Kier alpha value is 1.89. The molecule has 0 spiro atoms. The minimum atomic E-state index is -2.57. The molecule has 0 saturated heterocycles. The summed E-state index contributed by atoms with van der Waals surface area (Å²) in [6, 6.07) is 0. The third-order valence-electron chi connectivity index (χ3n) is 0.101. The molecular formula is H6O3PPbSb.